The molecule has 5 rings (SSSR count). The number of nitrogens with one attached hydrogen (secondary N) is 1. The van der Waals surface area contributed by atoms with Crippen molar-refractivity contribution in [2.75, 3.05) is 33.3 Å². The van der Waals surface area contributed by atoms with Gasteiger partial charge in [-0.1, -0.05) is 0 Å². The lowest BCUT2D eigenvalue weighted by molar-refractivity contribution is -0.128. The average Bonchev–Trinajstić information content (AvgIpc) is 3.40. The standard InChI is InChI=1S/C22H26N4O4/c1-3-25-20(28)18-12-22(13-26(18)21(25)29)6-8-24(9-7-22)19(27)17-11-14-10-15(30-2)4-5-16(14)23-17/h4-5,10-11,18,23H,3,6-9,12-13H2,1-2H3. The number of ether oxygens (including phenoxy) is 1. The molecule has 0 saturated carbocycles. The lowest BCUT2D eigenvalue weighted by atomic mass is 9.76. The third kappa shape index (κ3) is 2.77. The Morgan fingerprint density at radius 2 is 2.00 bits per heavy atom. The third-order valence-electron chi connectivity index (χ3n) is 7.02. The summed E-state index contributed by atoms with van der Waals surface area (Å²) in [6.07, 6.45) is 2.33. The van der Waals surface area contributed by atoms with Crippen molar-refractivity contribution in [3.05, 3.63) is 30.0 Å². The molecule has 4 heterocycles. The van der Waals surface area contributed by atoms with E-state index in [1.807, 2.05) is 36.1 Å². The number of carbonyl (C=O) groups is 3. The van der Waals surface area contributed by atoms with E-state index in [-0.39, 0.29) is 29.3 Å². The topological polar surface area (TPSA) is 86.0 Å². The Bertz CT molecular complexity index is 1010. The van der Waals surface area contributed by atoms with Crippen LogP contribution in [0.1, 0.15) is 36.7 Å². The Hall–Kier alpha value is -3.03. The zero-order chi connectivity index (χ0) is 21.0. The number of aromatic nitrogens is 1. The minimum Gasteiger partial charge on any atom is -0.497 e. The second kappa shape index (κ2) is 6.75. The number of rotatable bonds is 3. The molecule has 1 aromatic heterocycles. The van der Waals surface area contributed by atoms with Gasteiger partial charge in [0.15, 0.2) is 0 Å². The molecule has 8 heteroatoms. The summed E-state index contributed by atoms with van der Waals surface area (Å²) in [5.74, 6) is 0.683. The number of aromatic amines is 1. The molecule has 1 N–H and O–H groups in total. The summed E-state index contributed by atoms with van der Waals surface area (Å²) in [4.78, 5) is 46.2. The summed E-state index contributed by atoms with van der Waals surface area (Å²) >= 11 is 0. The molecule has 158 valence electrons. The van der Waals surface area contributed by atoms with Crippen LogP contribution in [0.5, 0.6) is 5.75 Å². The Morgan fingerprint density at radius 3 is 2.67 bits per heavy atom. The zero-order valence-electron chi connectivity index (χ0n) is 17.3. The molecule has 3 saturated heterocycles. The van der Waals surface area contributed by atoms with Crippen LogP contribution in [0.4, 0.5) is 4.79 Å². The Morgan fingerprint density at radius 1 is 1.23 bits per heavy atom. The van der Waals surface area contributed by atoms with E-state index in [1.54, 1.807) is 12.0 Å². The summed E-state index contributed by atoms with van der Waals surface area (Å²) < 4.78 is 5.26. The van der Waals surface area contributed by atoms with Crippen molar-refractivity contribution in [1.82, 2.24) is 19.7 Å². The molecule has 1 spiro atoms. The molecule has 2 aromatic rings. The van der Waals surface area contributed by atoms with E-state index in [0.29, 0.717) is 38.3 Å². The summed E-state index contributed by atoms with van der Waals surface area (Å²) in [6.45, 7) is 4.15. The Labute approximate surface area is 174 Å². The van der Waals surface area contributed by atoms with Crippen LogP contribution in [0.15, 0.2) is 24.3 Å². The predicted octanol–water partition coefficient (Wildman–Crippen LogP) is 2.46. The number of carbonyl (C=O) groups excluding carboxylic acids is 3. The molecule has 0 aliphatic carbocycles. The maximum atomic E-state index is 13.0. The van der Waals surface area contributed by atoms with E-state index < -0.39 is 0 Å². The number of nitrogens with zero attached hydrogens (tertiary/aromatic N) is 3. The van der Waals surface area contributed by atoms with Gasteiger partial charge in [-0.15, -0.1) is 0 Å². The number of likely N-dealkylation sites (tertiary alicyclic amines) is 1. The van der Waals surface area contributed by atoms with Crippen molar-refractivity contribution in [2.24, 2.45) is 5.41 Å². The highest BCUT2D eigenvalue weighted by Gasteiger charge is 2.56. The largest absolute Gasteiger partial charge is 0.497 e. The molecule has 0 radical (unpaired) electrons. The van der Waals surface area contributed by atoms with E-state index >= 15 is 0 Å². The predicted molar refractivity (Wildman–Crippen MR) is 110 cm³/mol. The normalized spacial score (nSPS) is 23.0. The van der Waals surface area contributed by atoms with Crippen molar-refractivity contribution in [2.45, 2.75) is 32.2 Å². The van der Waals surface area contributed by atoms with E-state index in [4.69, 9.17) is 4.74 Å². The van der Waals surface area contributed by atoms with Gasteiger partial charge in [0.05, 0.1) is 7.11 Å². The van der Waals surface area contributed by atoms with Crippen LogP contribution in [0.2, 0.25) is 0 Å². The van der Waals surface area contributed by atoms with Gasteiger partial charge in [-0.2, -0.15) is 0 Å². The lowest BCUT2D eigenvalue weighted by Gasteiger charge is -2.39. The van der Waals surface area contributed by atoms with Crippen molar-refractivity contribution in [3.63, 3.8) is 0 Å². The van der Waals surface area contributed by atoms with E-state index in [0.717, 1.165) is 29.5 Å². The molecule has 3 fully saturated rings. The molecule has 1 unspecified atom stereocenters. The van der Waals surface area contributed by atoms with Crippen LogP contribution in [0.3, 0.4) is 0 Å². The maximum absolute atomic E-state index is 13.0. The second-order valence-electron chi connectivity index (χ2n) is 8.64. The number of hydrogen-bond donors (Lipinski definition) is 1. The highest BCUT2D eigenvalue weighted by molar-refractivity contribution is 6.04. The average molecular weight is 410 g/mol. The van der Waals surface area contributed by atoms with E-state index in [9.17, 15) is 14.4 Å². The third-order valence-corrected chi connectivity index (χ3v) is 7.02. The van der Waals surface area contributed by atoms with Gasteiger partial charge in [0.25, 0.3) is 11.8 Å². The van der Waals surface area contributed by atoms with Gasteiger partial charge in [0.1, 0.15) is 17.5 Å². The Kier molecular flexibility index (Phi) is 4.27. The van der Waals surface area contributed by atoms with Crippen molar-refractivity contribution in [1.29, 1.82) is 0 Å². The van der Waals surface area contributed by atoms with Crippen molar-refractivity contribution < 1.29 is 19.1 Å². The molecule has 3 aliphatic heterocycles. The van der Waals surface area contributed by atoms with E-state index in [1.165, 1.54) is 4.90 Å². The fourth-order valence-corrected chi connectivity index (χ4v) is 5.27. The number of urea groups is 1. The number of fused-ring (bicyclic) bond motifs is 2. The number of amides is 4. The molecular weight excluding hydrogens is 384 g/mol. The number of benzene rings is 1. The van der Waals surface area contributed by atoms with Gasteiger partial charge in [-0.05, 0) is 55.9 Å². The summed E-state index contributed by atoms with van der Waals surface area (Å²) in [6, 6.07) is 7.08. The number of hydrogen-bond acceptors (Lipinski definition) is 4. The van der Waals surface area contributed by atoms with Crippen molar-refractivity contribution in [3.8, 4) is 5.75 Å². The highest BCUT2D eigenvalue weighted by Crippen LogP contribution is 2.46. The molecule has 30 heavy (non-hydrogen) atoms. The van der Waals surface area contributed by atoms with Crippen LogP contribution < -0.4 is 4.74 Å². The molecule has 1 aromatic carbocycles. The number of methoxy groups -OCH3 is 1. The van der Waals surface area contributed by atoms with Gasteiger partial charge in [-0.25, -0.2) is 4.79 Å². The SMILES string of the molecule is CCN1C(=O)C2CC3(CCN(C(=O)c4cc5cc(OC)ccc5[nH]4)CC3)CN2C1=O. The summed E-state index contributed by atoms with van der Waals surface area (Å²) in [5.41, 5.74) is 1.42. The minimum atomic E-state index is -0.316. The van der Waals surface area contributed by atoms with Crippen LogP contribution >= 0.6 is 0 Å². The van der Waals surface area contributed by atoms with Gasteiger partial charge in [-0.3, -0.25) is 14.5 Å². The first kappa shape index (κ1) is 19.0. The fourth-order valence-electron chi connectivity index (χ4n) is 5.27. The molecule has 1 atom stereocenters. The smallest absolute Gasteiger partial charge is 0.327 e. The maximum Gasteiger partial charge on any atom is 0.327 e. The summed E-state index contributed by atoms with van der Waals surface area (Å²) in [7, 11) is 1.62. The van der Waals surface area contributed by atoms with Crippen LogP contribution in [0, 0.1) is 5.41 Å². The van der Waals surface area contributed by atoms with Gasteiger partial charge in [0, 0.05) is 37.1 Å². The quantitative estimate of drug-likeness (QED) is 0.788. The first-order valence-electron chi connectivity index (χ1n) is 10.5. The first-order chi connectivity index (χ1) is 14.4. The van der Waals surface area contributed by atoms with E-state index in [2.05, 4.69) is 4.98 Å². The fraction of sp³-hybridized carbons (Fsp3) is 0.500. The monoisotopic (exact) mass is 410 g/mol. The van der Waals surface area contributed by atoms with Crippen molar-refractivity contribution >= 4 is 28.7 Å². The molecular formula is C22H26N4O4. The van der Waals surface area contributed by atoms with Gasteiger partial charge in [0.2, 0.25) is 0 Å². The van der Waals surface area contributed by atoms with Crippen LogP contribution in [0.25, 0.3) is 10.9 Å². The number of H-pyrrole nitrogens is 1. The molecule has 3 aliphatic rings. The number of imide groups is 1. The molecule has 8 nitrogen and oxygen atoms in total. The number of likely N-dealkylation sites (N-methyl/N-ethyl adjacent to an activating group) is 1. The molecule has 0 bridgehead atoms. The summed E-state index contributed by atoms with van der Waals surface area (Å²) in [5, 5.41) is 0.945. The first-order valence-corrected chi connectivity index (χ1v) is 10.5. The lowest BCUT2D eigenvalue weighted by Crippen LogP contribution is -2.45. The number of piperidine rings is 1. The van der Waals surface area contributed by atoms with Crippen LogP contribution in [-0.2, 0) is 4.79 Å². The molecule has 4 amide bonds. The minimum absolute atomic E-state index is 0.0113. The second-order valence-corrected chi connectivity index (χ2v) is 8.64. The Balaban J connectivity index is 1.27. The highest BCUT2D eigenvalue weighted by atomic mass is 16.5. The van der Waals surface area contributed by atoms with Gasteiger partial charge >= 0.3 is 6.03 Å². The zero-order valence-corrected chi connectivity index (χ0v) is 17.3. The van der Waals surface area contributed by atoms with Crippen LogP contribution in [-0.4, -0.2) is 76.9 Å². The van der Waals surface area contributed by atoms with Gasteiger partial charge < -0.3 is 19.5 Å².